The van der Waals surface area contributed by atoms with E-state index in [-0.39, 0.29) is 5.82 Å². The van der Waals surface area contributed by atoms with Crippen LogP contribution >= 0.6 is 11.3 Å². The van der Waals surface area contributed by atoms with Crippen molar-refractivity contribution in [2.24, 2.45) is 7.05 Å². The Bertz CT molecular complexity index is 855. The number of rotatable bonds is 7. The first-order chi connectivity index (χ1) is 12.0. The predicted molar refractivity (Wildman–Crippen MR) is 98.6 cm³/mol. The van der Waals surface area contributed by atoms with E-state index in [9.17, 15) is 4.39 Å². The maximum absolute atomic E-state index is 13.7. The fourth-order valence-corrected chi connectivity index (χ4v) is 3.63. The van der Waals surface area contributed by atoms with Crippen molar-refractivity contribution >= 4 is 16.5 Å². The van der Waals surface area contributed by atoms with Crippen LogP contribution in [0.1, 0.15) is 33.9 Å². The molecule has 0 aliphatic carbocycles. The van der Waals surface area contributed by atoms with Crippen LogP contribution in [0.15, 0.2) is 24.3 Å². The summed E-state index contributed by atoms with van der Waals surface area (Å²) in [7, 11) is 1.97. The lowest BCUT2D eigenvalue weighted by atomic mass is 10.1. The summed E-state index contributed by atoms with van der Waals surface area (Å²) in [6.07, 6.45) is 2.45. The van der Waals surface area contributed by atoms with Gasteiger partial charge < -0.3 is 5.32 Å². The Balaban J connectivity index is 1.50. The van der Waals surface area contributed by atoms with Crippen molar-refractivity contribution in [3.63, 3.8) is 0 Å². The van der Waals surface area contributed by atoms with Gasteiger partial charge in [-0.1, -0.05) is 29.5 Å². The molecule has 0 radical (unpaired) electrons. The molecule has 0 unspecified atom stereocenters. The van der Waals surface area contributed by atoms with Crippen LogP contribution in [-0.4, -0.2) is 26.5 Å². The summed E-state index contributed by atoms with van der Waals surface area (Å²) in [5, 5.41) is 17.6. The fourth-order valence-electron chi connectivity index (χ4n) is 2.84. The third-order valence-corrected chi connectivity index (χ3v) is 5.19. The van der Waals surface area contributed by atoms with Crippen LogP contribution in [0.4, 0.5) is 9.52 Å². The molecular formula is C18H22FN5S. The molecule has 0 fully saturated rings. The van der Waals surface area contributed by atoms with Gasteiger partial charge in [0.05, 0.1) is 5.69 Å². The van der Waals surface area contributed by atoms with Crippen molar-refractivity contribution in [2.45, 2.75) is 33.1 Å². The molecule has 0 saturated carbocycles. The summed E-state index contributed by atoms with van der Waals surface area (Å²) in [6.45, 7) is 4.97. The van der Waals surface area contributed by atoms with E-state index in [1.807, 2.05) is 17.8 Å². The maximum atomic E-state index is 13.7. The zero-order valence-corrected chi connectivity index (χ0v) is 15.5. The number of anilines is 1. The molecule has 1 N–H and O–H groups in total. The average molecular weight is 359 g/mol. The summed E-state index contributed by atoms with van der Waals surface area (Å²) < 4.78 is 15.6. The van der Waals surface area contributed by atoms with Crippen LogP contribution in [0.25, 0.3) is 0 Å². The summed E-state index contributed by atoms with van der Waals surface area (Å²) in [6, 6.07) is 6.78. The SMILES string of the molecule is Cc1nn(C)c(C)c1CCCNc1nnc(Cc2ccccc2F)s1. The lowest BCUT2D eigenvalue weighted by Crippen LogP contribution is -2.03. The Kier molecular flexibility index (Phi) is 5.43. The van der Waals surface area contributed by atoms with Crippen LogP contribution in [0.3, 0.4) is 0 Å². The highest BCUT2D eigenvalue weighted by Gasteiger charge is 2.10. The van der Waals surface area contributed by atoms with Crippen molar-refractivity contribution in [3.8, 4) is 0 Å². The minimum atomic E-state index is -0.200. The van der Waals surface area contributed by atoms with Gasteiger partial charge in [-0.25, -0.2) is 4.39 Å². The Hall–Kier alpha value is -2.28. The van der Waals surface area contributed by atoms with E-state index in [1.165, 1.54) is 28.7 Å². The van der Waals surface area contributed by atoms with Gasteiger partial charge in [-0.3, -0.25) is 4.68 Å². The molecule has 0 amide bonds. The van der Waals surface area contributed by atoms with Crippen LogP contribution in [0, 0.1) is 19.7 Å². The van der Waals surface area contributed by atoms with Gasteiger partial charge in [0, 0.05) is 25.7 Å². The molecule has 0 spiro atoms. The Morgan fingerprint density at radius 3 is 2.72 bits per heavy atom. The number of aromatic nitrogens is 4. The molecule has 0 saturated heterocycles. The van der Waals surface area contributed by atoms with E-state index in [4.69, 9.17) is 0 Å². The average Bonchev–Trinajstić information content (AvgIpc) is 3.12. The largest absolute Gasteiger partial charge is 0.360 e. The number of hydrogen-bond donors (Lipinski definition) is 1. The normalized spacial score (nSPS) is 11.0. The quantitative estimate of drug-likeness (QED) is 0.654. The lowest BCUT2D eigenvalue weighted by molar-refractivity contribution is 0.613. The highest BCUT2D eigenvalue weighted by Crippen LogP contribution is 2.20. The maximum Gasteiger partial charge on any atom is 0.205 e. The molecule has 1 aromatic carbocycles. The van der Waals surface area contributed by atoms with E-state index in [1.54, 1.807) is 12.1 Å². The smallest absolute Gasteiger partial charge is 0.205 e. The number of nitrogens with zero attached hydrogens (tertiary/aromatic N) is 4. The predicted octanol–water partition coefficient (Wildman–Crippen LogP) is 3.66. The summed E-state index contributed by atoms with van der Waals surface area (Å²) in [5.41, 5.74) is 4.29. The van der Waals surface area contributed by atoms with E-state index in [0.717, 1.165) is 35.2 Å². The topological polar surface area (TPSA) is 55.6 Å². The second kappa shape index (κ2) is 7.74. The minimum absolute atomic E-state index is 0.200. The number of benzene rings is 1. The van der Waals surface area contributed by atoms with Crippen molar-refractivity contribution in [1.29, 1.82) is 0 Å². The second-order valence-corrected chi connectivity index (χ2v) is 7.13. The highest BCUT2D eigenvalue weighted by atomic mass is 32.1. The Morgan fingerprint density at radius 2 is 2.00 bits per heavy atom. The van der Waals surface area contributed by atoms with Crippen LogP contribution in [0.2, 0.25) is 0 Å². The van der Waals surface area contributed by atoms with Gasteiger partial charge in [0.2, 0.25) is 5.13 Å². The summed E-state index contributed by atoms with van der Waals surface area (Å²) in [5.74, 6) is -0.200. The van der Waals surface area contributed by atoms with Gasteiger partial charge >= 0.3 is 0 Å². The van der Waals surface area contributed by atoms with Crippen molar-refractivity contribution in [1.82, 2.24) is 20.0 Å². The van der Waals surface area contributed by atoms with E-state index in [2.05, 4.69) is 34.5 Å². The molecule has 0 bridgehead atoms. The molecule has 2 aromatic heterocycles. The van der Waals surface area contributed by atoms with Crippen LogP contribution in [-0.2, 0) is 19.9 Å². The molecule has 2 heterocycles. The monoisotopic (exact) mass is 359 g/mol. The van der Waals surface area contributed by atoms with E-state index < -0.39 is 0 Å². The van der Waals surface area contributed by atoms with Crippen molar-refractivity contribution in [3.05, 3.63) is 57.6 Å². The first kappa shape index (κ1) is 17.5. The molecule has 25 heavy (non-hydrogen) atoms. The third kappa shape index (κ3) is 4.22. The first-order valence-corrected chi connectivity index (χ1v) is 9.15. The summed E-state index contributed by atoms with van der Waals surface area (Å²) in [4.78, 5) is 0. The third-order valence-electron chi connectivity index (χ3n) is 4.31. The highest BCUT2D eigenvalue weighted by molar-refractivity contribution is 7.15. The zero-order valence-electron chi connectivity index (χ0n) is 14.7. The van der Waals surface area contributed by atoms with E-state index in [0.29, 0.717) is 12.0 Å². The van der Waals surface area contributed by atoms with Gasteiger partial charge in [0.1, 0.15) is 10.8 Å². The molecular weight excluding hydrogens is 337 g/mol. The number of aryl methyl sites for hydroxylation is 2. The fraction of sp³-hybridized carbons (Fsp3) is 0.389. The van der Waals surface area contributed by atoms with Crippen LogP contribution < -0.4 is 5.32 Å². The Morgan fingerprint density at radius 1 is 1.20 bits per heavy atom. The standard InChI is InChI=1S/C18H22FN5S/c1-12-15(13(2)24(3)23-12)8-6-10-20-18-22-21-17(25-18)11-14-7-4-5-9-16(14)19/h4-5,7,9H,6,8,10-11H2,1-3H3,(H,20,22). The van der Waals surface area contributed by atoms with Gasteiger partial charge in [0.25, 0.3) is 0 Å². The first-order valence-electron chi connectivity index (χ1n) is 8.33. The molecule has 7 heteroatoms. The van der Waals surface area contributed by atoms with Crippen LogP contribution in [0.5, 0.6) is 0 Å². The molecule has 0 aliphatic rings. The van der Waals surface area contributed by atoms with Crippen molar-refractivity contribution < 1.29 is 4.39 Å². The minimum Gasteiger partial charge on any atom is -0.360 e. The number of halogens is 1. The summed E-state index contributed by atoms with van der Waals surface area (Å²) >= 11 is 1.48. The van der Waals surface area contributed by atoms with Gasteiger partial charge in [-0.15, -0.1) is 10.2 Å². The molecule has 0 aliphatic heterocycles. The van der Waals surface area contributed by atoms with Crippen molar-refractivity contribution in [2.75, 3.05) is 11.9 Å². The molecule has 0 atom stereocenters. The Labute approximate surface area is 150 Å². The number of hydrogen-bond acceptors (Lipinski definition) is 5. The molecule has 3 rings (SSSR count). The molecule has 132 valence electrons. The second-order valence-electron chi connectivity index (χ2n) is 6.07. The lowest BCUT2D eigenvalue weighted by Gasteiger charge is -2.03. The van der Waals surface area contributed by atoms with Gasteiger partial charge in [0.15, 0.2) is 0 Å². The van der Waals surface area contributed by atoms with E-state index >= 15 is 0 Å². The zero-order chi connectivity index (χ0) is 17.8. The van der Waals surface area contributed by atoms with Gasteiger partial charge in [-0.05, 0) is 43.9 Å². The molecule has 5 nitrogen and oxygen atoms in total. The van der Waals surface area contributed by atoms with Gasteiger partial charge in [-0.2, -0.15) is 5.10 Å². The number of nitrogens with one attached hydrogen (secondary N) is 1. The molecule has 3 aromatic rings.